The first-order valence-corrected chi connectivity index (χ1v) is 5.61. The summed E-state index contributed by atoms with van der Waals surface area (Å²) in [5.41, 5.74) is 8.29. The van der Waals surface area contributed by atoms with E-state index in [4.69, 9.17) is 15.9 Å². The van der Waals surface area contributed by atoms with Crippen molar-refractivity contribution in [2.45, 2.75) is 13.8 Å². The smallest absolute Gasteiger partial charge is 0.219 e. The molecule has 1 aromatic heterocycles. The summed E-state index contributed by atoms with van der Waals surface area (Å²) in [6.45, 7) is 4.03. The van der Waals surface area contributed by atoms with E-state index >= 15 is 0 Å². The molecule has 4 nitrogen and oxygen atoms in total. The maximum Gasteiger partial charge on any atom is 0.219 e. The van der Waals surface area contributed by atoms with Crippen LogP contribution in [0.2, 0.25) is 0 Å². The lowest BCUT2D eigenvalue weighted by atomic mass is 10.1. The van der Waals surface area contributed by atoms with Crippen molar-refractivity contribution in [3.05, 3.63) is 53.2 Å². The standard InChI is InChI=1S/C14H15N3O/c1-9-5-10(2)7-12(6-9)18-13-8-11(14(15)16)3-4-17-13/h3-8H,1-2H3,(H3,15,16). The molecule has 2 aromatic rings. The molecule has 0 saturated carbocycles. The fourth-order valence-electron chi connectivity index (χ4n) is 1.75. The fourth-order valence-corrected chi connectivity index (χ4v) is 1.75. The normalized spacial score (nSPS) is 10.1. The molecule has 0 atom stereocenters. The van der Waals surface area contributed by atoms with Crippen LogP contribution in [0.3, 0.4) is 0 Å². The van der Waals surface area contributed by atoms with Crippen molar-refractivity contribution in [3.8, 4) is 11.6 Å². The van der Waals surface area contributed by atoms with Gasteiger partial charge in [-0.15, -0.1) is 0 Å². The third-order valence-electron chi connectivity index (χ3n) is 2.46. The van der Waals surface area contributed by atoms with Crippen molar-refractivity contribution >= 4 is 5.84 Å². The van der Waals surface area contributed by atoms with E-state index in [1.54, 1.807) is 18.3 Å². The van der Waals surface area contributed by atoms with Gasteiger partial charge in [0.25, 0.3) is 0 Å². The first-order chi connectivity index (χ1) is 8.54. The summed E-state index contributed by atoms with van der Waals surface area (Å²) in [7, 11) is 0. The molecule has 0 amide bonds. The van der Waals surface area contributed by atoms with Crippen LogP contribution in [0.25, 0.3) is 0 Å². The molecule has 0 fully saturated rings. The molecule has 0 unspecified atom stereocenters. The molecule has 1 heterocycles. The van der Waals surface area contributed by atoms with Crippen LogP contribution in [-0.2, 0) is 0 Å². The van der Waals surface area contributed by atoms with E-state index in [0.717, 1.165) is 16.9 Å². The lowest BCUT2D eigenvalue weighted by Crippen LogP contribution is -2.11. The molecule has 0 spiro atoms. The van der Waals surface area contributed by atoms with E-state index in [1.165, 1.54) is 0 Å². The Morgan fingerprint density at radius 1 is 1.17 bits per heavy atom. The van der Waals surface area contributed by atoms with Crippen molar-refractivity contribution in [2.24, 2.45) is 5.73 Å². The second kappa shape index (κ2) is 4.87. The van der Waals surface area contributed by atoms with Gasteiger partial charge in [0.15, 0.2) is 0 Å². The summed E-state index contributed by atoms with van der Waals surface area (Å²) in [5.74, 6) is 1.18. The minimum absolute atomic E-state index is 0.00247. The number of nitrogens with zero attached hydrogens (tertiary/aromatic N) is 1. The number of hydrogen-bond acceptors (Lipinski definition) is 3. The van der Waals surface area contributed by atoms with Gasteiger partial charge in [-0.25, -0.2) is 4.98 Å². The summed E-state index contributed by atoms with van der Waals surface area (Å²) in [4.78, 5) is 4.10. The lowest BCUT2D eigenvalue weighted by Gasteiger charge is -2.07. The highest BCUT2D eigenvalue weighted by Crippen LogP contribution is 2.22. The number of nitrogens with two attached hydrogens (primary N) is 1. The number of benzene rings is 1. The van der Waals surface area contributed by atoms with E-state index in [2.05, 4.69) is 11.1 Å². The van der Waals surface area contributed by atoms with Gasteiger partial charge in [-0.1, -0.05) is 6.07 Å². The molecule has 2 rings (SSSR count). The number of ether oxygens (including phenoxy) is 1. The molecule has 0 aliphatic carbocycles. The number of aryl methyl sites for hydroxylation is 2. The number of hydrogen-bond donors (Lipinski definition) is 2. The number of aromatic nitrogens is 1. The Hall–Kier alpha value is -2.36. The SMILES string of the molecule is Cc1cc(C)cc(Oc2cc(C(=N)N)ccn2)c1. The van der Waals surface area contributed by atoms with Crippen LogP contribution in [0.5, 0.6) is 11.6 Å². The lowest BCUT2D eigenvalue weighted by molar-refractivity contribution is 0.462. The molecule has 0 bridgehead atoms. The Labute approximate surface area is 106 Å². The highest BCUT2D eigenvalue weighted by Gasteiger charge is 2.03. The zero-order valence-electron chi connectivity index (χ0n) is 10.4. The molecular weight excluding hydrogens is 226 g/mol. The Morgan fingerprint density at radius 3 is 2.44 bits per heavy atom. The average molecular weight is 241 g/mol. The van der Waals surface area contributed by atoms with Crippen LogP contribution in [0.1, 0.15) is 16.7 Å². The highest BCUT2D eigenvalue weighted by atomic mass is 16.5. The van der Waals surface area contributed by atoms with Gasteiger partial charge in [0.2, 0.25) is 5.88 Å². The first kappa shape index (κ1) is 12.1. The van der Waals surface area contributed by atoms with Crippen molar-refractivity contribution in [2.75, 3.05) is 0 Å². The predicted octanol–water partition coefficient (Wildman–Crippen LogP) is 2.77. The second-order valence-corrected chi connectivity index (χ2v) is 4.22. The number of nitrogen functional groups attached to an aromatic ring is 1. The van der Waals surface area contributed by atoms with Gasteiger partial charge in [-0.3, -0.25) is 5.41 Å². The van der Waals surface area contributed by atoms with Crippen LogP contribution >= 0.6 is 0 Å². The monoisotopic (exact) mass is 241 g/mol. The molecule has 0 aliphatic heterocycles. The summed E-state index contributed by atoms with van der Waals surface area (Å²) in [6, 6.07) is 9.28. The third kappa shape index (κ3) is 2.85. The minimum Gasteiger partial charge on any atom is -0.439 e. The van der Waals surface area contributed by atoms with Crippen molar-refractivity contribution in [1.82, 2.24) is 4.98 Å². The summed E-state index contributed by atoms with van der Waals surface area (Å²) >= 11 is 0. The molecular formula is C14H15N3O. The Bertz CT molecular complexity index is 573. The van der Waals surface area contributed by atoms with Gasteiger partial charge in [-0.2, -0.15) is 0 Å². The van der Waals surface area contributed by atoms with Crippen molar-refractivity contribution in [1.29, 1.82) is 5.41 Å². The molecule has 0 saturated heterocycles. The summed E-state index contributed by atoms with van der Waals surface area (Å²) in [6.07, 6.45) is 1.58. The maximum atomic E-state index is 7.37. The molecule has 18 heavy (non-hydrogen) atoms. The van der Waals surface area contributed by atoms with Gasteiger partial charge >= 0.3 is 0 Å². The molecule has 92 valence electrons. The molecule has 0 radical (unpaired) electrons. The van der Waals surface area contributed by atoms with E-state index in [-0.39, 0.29) is 5.84 Å². The van der Waals surface area contributed by atoms with E-state index < -0.39 is 0 Å². The largest absolute Gasteiger partial charge is 0.439 e. The Kier molecular flexibility index (Phi) is 3.28. The van der Waals surface area contributed by atoms with Gasteiger partial charge < -0.3 is 10.5 Å². The van der Waals surface area contributed by atoms with Crippen LogP contribution in [0.15, 0.2) is 36.5 Å². The van der Waals surface area contributed by atoms with Crippen molar-refractivity contribution < 1.29 is 4.74 Å². The number of nitrogens with one attached hydrogen (secondary N) is 1. The van der Waals surface area contributed by atoms with E-state index in [1.807, 2.05) is 26.0 Å². The number of rotatable bonds is 3. The number of amidine groups is 1. The summed E-state index contributed by atoms with van der Waals surface area (Å²) in [5, 5.41) is 7.37. The second-order valence-electron chi connectivity index (χ2n) is 4.22. The van der Waals surface area contributed by atoms with Crippen molar-refractivity contribution in [3.63, 3.8) is 0 Å². The van der Waals surface area contributed by atoms with Gasteiger partial charge in [-0.05, 0) is 43.2 Å². The van der Waals surface area contributed by atoms with Gasteiger partial charge in [0.05, 0.1) is 0 Å². The molecule has 4 heteroatoms. The Balaban J connectivity index is 2.28. The molecule has 1 aromatic carbocycles. The zero-order valence-corrected chi connectivity index (χ0v) is 10.4. The number of pyridine rings is 1. The molecule has 3 N–H and O–H groups in total. The highest BCUT2D eigenvalue weighted by molar-refractivity contribution is 5.95. The first-order valence-electron chi connectivity index (χ1n) is 5.61. The third-order valence-corrected chi connectivity index (χ3v) is 2.46. The zero-order chi connectivity index (χ0) is 13.1. The molecule has 0 aliphatic rings. The Morgan fingerprint density at radius 2 is 1.83 bits per heavy atom. The minimum atomic E-state index is 0.00247. The summed E-state index contributed by atoms with van der Waals surface area (Å²) < 4.78 is 5.67. The van der Waals surface area contributed by atoms with Gasteiger partial charge in [0.1, 0.15) is 11.6 Å². The fraction of sp³-hybridized carbons (Fsp3) is 0.143. The van der Waals surface area contributed by atoms with Crippen LogP contribution in [0, 0.1) is 19.3 Å². The predicted molar refractivity (Wildman–Crippen MR) is 71.2 cm³/mol. The topological polar surface area (TPSA) is 72.0 Å². The maximum absolute atomic E-state index is 7.37. The average Bonchev–Trinajstić information content (AvgIpc) is 2.27. The quantitative estimate of drug-likeness (QED) is 0.641. The van der Waals surface area contributed by atoms with Crippen LogP contribution in [0.4, 0.5) is 0 Å². The van der Waals surface area contributed by atoms with Crippen LogP contribution in [-0.4, -0.2) is 10.8 Å². The van der Waals surface area contributed by atoms with E-state index in [9.17, 15) is 0 Å². The van der Waals surface area contributed by atoms with Gasteiger partial charge in [0, 0.05) is 17.8 Å². The van der Waals surface area contributed by atoms with Crippen LogP contribution < -0.4 is 10.5 Å². The van der Waals surface area contributed by atoms with E-state index in [0.29, 0.717) is 11.4 Å².